The number of pyridine rings is 1. The zero-order valence-electron chi connectivity index (χ0n) is 14.4. The smallest absolute Gasteiger partial charge is 0.451 e. The van der Waals surface area contributed by atoms with Gasteiger partial charge in [-0.05, 0) is 25.0 Å². The summed E-state index contributed by atoms with van der Waals surface area (Å²) in [7, 11) is 0. The molecule has 1 saturated heterocycles. The number of carbonyl (C=O) groups is 1. The second-order valence-electron chi connectivity index (χ2n) is 6.36. The Morgan fingerprint density at radius 3 is 2.75 bits per heavy atom. The van der Waals surface area contributed by atoms with Crippen LogP contribution in [-0.2, 0) is 6.18 Å². The molecule has 28 heavy (non-hydrogen) atoms. The molecule has 0 aliphatic carbocycles. The second kappa shape index (κ2) is 7.06. The zero-order chi connectivity index (χ0) is 19.7. The summed E-state index contributed by atoms with van der Waals surface area (Å²) in [6.07, 6.45) is 0.863. The molecular formula is C17H14F3N5O3. The van der Waals surface area contributed by atoms with E-state index in [2.05, 4.69) is 24.6 Å². The topological polar surface area (TPSA) is 98.2 Å². The molecule has 0 saturated carbocycles. The maximum Gasteiger partial charge on any atom is 0.471 e. The number of rotatable bonds is 3. The van der Waals surface area contributed by atoms with Crippen LogP contribution in [0.4, 0.5) is 13.2 Å². The van der Waals surface area contributed by atoms with E-state index in [1.54, 1.807) is 17.0 Å². The van der Waals surface area contributed by atoms with Crippen molar-refractivity contribution < 1.29 is 26.9 Å². The van der Waals surface area contributed by atoms with Crippen molar-refractivity contribution >= 4 is 5.91 Å². The third-order valence-electron chi connectivity index (χ3n) is 4.49. The maximum atomic E-state index is 12.6. The van der Waals surface area contributed by atoms with Crippen molar-refractivity contribution in [2.24, 2.45) is 0 Å². The molecule has 0 aromatic carbocycles. The molecule has 1 amide bonds. The Bertz CT molecular complexity index is 953. The van der Waals surface area contributed by atoms with Gasteiger partial charge in [0.25, 0.3) is 5.91 Å². The molecule has 1 fully saturated rings. The standard InChI is InChI=1S/C17H14F3N5O3/c18-17(19,20)16-23-14(24-28-16)10-3-4-12(21-6-10)11-2-1-5-25(7-11)15(26)13-8-27-9-22-13/h3-4,6,8-9,11H,1-2,5,7H2/t11-/m0/s1. The van der Waals surface area contributed by atoms with Gasteiger partial charge in [-0.25, -0.2) is 4.98 Å². The van der Waals surface area contributed by atoms with E-state index in [1.807, 2.05) is 0 Å². The Labute approximate surface area is 156 Å². The molecule has 0 N–H and O–H groups in total. The molecule has 1 aliphatic rings. The number of halogens is 3. The highest BCUT2D eigenvalue weighted by Gasteiger charge is 2.38. The normalized spacial score (nSPS) is 17.7. The molecule has 8 nitrogen and oxygen atoms in total. The molecule has 146 valence electrons. The fraction of sp³-hybridized carbons (Fsp3) is 0.353. The monoisotopic (exact) mass is 393 g/mol. The van der Waals surface area contributed by atoms with E-state index in [9.17, 15) is 18.0 Å². The predicted octanol–water partition coefficient (Wildman–Crippen LogP) is 3.16. The minimum Gasteiger partial charge on any atom is -0.451 e. The van der Waals surface area contributed by atoms with Gasteiger partial charge >= 0.3 is 12.1 Å². The van der Waals surface area contributed by atoms with E-state index in [4.69, 9.17) is 4.42 Å². The van der Waals surface area contributed by atoms with Crippen LogP contribution >= 0.6 is 0 Å². The summed E-state index contributed by atoms with van der Waals surface area (Å²) < 4.78 is 46.8. The van der Waals surface area contributed by atoms with E-state index in [0.717, 1.165) is 18.5 Å². The molecule has 1 aliphatic heterocycles. The lowest BCUT2D eigenvalue weighted by atomic mass is 9.94. The van der Waals surface area contributed by atoms with Gasteiger partial charge < -0.3 is 13.8 Å². The fourth-order valence-corrected chi connectivity index (χ4v) is 3.12. The molecular weight excluding hydrogens is 379 g/mol. The van der Waals surface area contributed by atoms with Crippen LogP contribution in [0, 0.1) is 0 Å². The quantitative estimate of drug-likeness (QED) is 0.674. The van der Waals surface area contributed by atoms with Gasteiger partial charge in [0.15, 0.2) is 12.1 Å². The number of hydrogen-bond acceptors (Lipinski definition) is 7. The highest BCUT2D eigenvalue weighted by atomic mass is 19.4. The Hall–Kier alpha value is -3.24. The summed E-state index contributed by atoms with van der Waals surface area (Å²) in [5.74, 6) is -1.78. The van der Waals surface area contributed by atoms with Crippen molar-refractivity contribution in [2.45, 2.75) is 24.9 Å². The molecule has 3 aromatic heterocycles. The van der Waals surface area contributed by atoms with Gasteiger partial charge in [0, 0.05) is 36.5 Å². The minimum absolute atomic E-state index is 0.00894. The van der Waals surface area contributed by atoms with Crippen LogP contribution in [0.1, 0.15) is 40.8 Å². The van der Waals surface area contributed by atoms with Crippen molar-refractivity contribution in [3.8, 4) is 11.4 Å². The molecule has 4 rings (SSSR count). The van der Waals surface area contributed by atoms with Crippen LogP contribution in [0.15, 0.2) is 39.9 Å². The van der Waals surface area contributed by atoms with Gasteiger partial charge in [-0.1, -0.05) is 5.16 Å². The van der Waals surface area contributed by atoms with E-state index in [0.29, 0.717) is 18.7 Å². The first-order valence-corrected chi connectivity index (χ1v) is 8.46. The summed E-state index contributed by atoms with van der Waals surface area (Å²) in [6.45, 7) is 1.09. The first-order valence-electron chi connectivity index (χ1n) is 8.46. The van der Waals surface area contributed by atoms with Crippen LogP contribution < -0.4 is 0 Å². The van der Waals surface area contributed by atoms with Crippen LogP contribution in [-0.4, -0.2) is 44.0 Å². The number of aromatic nitrogens is 4. The Kier molecular flexibility index (Phi) is 4.57. The van der Waals surface area contributed by atoms with Crippen molar-refractivity contribution in [3.05, 3.63) is 48.3 Å². The molecule has 0 bridgehead atoms. The third-order valence-corrected chi connectivity index (χ3v) is 4.49. The largest absolute Gasteiger partial charge is 0.471 e. The number of hydrogen-bond donors (Lipinski definition) is 0. The number of nitrogens with zero attached hydrogens (tertiary/aromatic N) is 5. The number of oxazole rings is 1. The molecule has 0 radical (unpaired) electrons. The first kappa shape index (κ1) is 18.1. The zero-order valence-corrected chi connectivity index (χ0v) is 14.4. The number of likely N-dealkylation sites (tertiary alicyclic amines) is 1. The minimum atomic E-state index is -4.69. The second-order valence-corrected chi connectivity index (χ2v) is 6.36. The number of carbonyl (C=O) groups excluding carboxylic acids is 1. The van der Waals surface area contributed by atoms with E-state index in [-0.39, 0.29) is 23.3 Å². The highest BCUT2D eigenvalue weighted by Crippen LogP contribution is 2.30. The van der Waals surface area contributed by atoms with Crippen molar-refractivity contribution in [3.63, 3.8) is 0 Å². The van der Waals surface area contributed by atoms with E-state index < -0.39 is 12.1 Å². The van der Waals surface area contributed by atoms with Gasteiger partial charge in [-0.15, -0.1) is 0 Å². The van der Waals surface area contributed by atoms with E-state index >= 15 is 0 Å². The lowest BCUT2D eigenvalue weighted by molar-refractivity contribution is -0.159. The number of alkyl halides is 3. The van der Waals surface area contributed by atoms with Crippen LogP contribution in [0.5, 0.6) is 0 Å². The molecule has 1 atom stereocenters. The predicted molar refractivity (Wildman–Crippen MR) is 86.9 cm³/mol. The van der Waals surface area contributed by atoms with Gasteiger partial charge in [0.1, 0.15) is 6.26 Å². The summed E-state index contributed by atoms with van der Waals surface area (Å²) in [6, 6.07) is 3.29. The van der Waals surface area contributed by atoms with Crippen molar-refractivity contribution in [2.75, 3.05) is 13.1 Å². The number of piperidine rings is 1. The average Bonchev–Trinajstić information content (AvgIpc) is 3.39. The van der Waals surface area contributed by atoms with Crippen LogP contribution in [0.2, 0.25) is 0 Å². The molecule has 11 heteroatoms. The van der Waals surface area contributed by atoms with E-state index in [1.165, 1.54) is 18.9 Å². The van der Waals surface area contributed by atoms with Crippen molar-refractivity contribution in [1.29, 1.82) is 0 Å². The summed E-state index contributed by atoms with van der Waals surface area (Å²) >= 11 is 0. The van der Waals surface area contributed by atoms with Crippen LogP contribution in [0.3, 0.4) is 0 Å². The SMILES string of the molecule is O=C(c1cocn1)N1CCC[C@H](c2ccc(-c3noc(C(F)(F)F)n3)cn2)C1. The summed E-state index contributed by atoms with van der Waals surface area (Å²) in [4.78, 5) is 25.7. The molecule has 0 unspecified atom stereocenters. The molecule has 0 spiro atoms. The maximum absolute atomic E-state index is 12.6. The molecule has 3 aromatic rings. The lowest BCUT2D eigenvalue weighted by Gasteiger charge is -2.32. The summed E-state index contributed by atoms with van der Waals surface area (Å²) in [5, 5.41) is 3.34. The summed E-state index contributed by atoms with van der Waals surface area (Å²) in [5.41, 5.74) is 1.30. The Balaban J connectivity index is 1.47. The highest BCUT2D eigenvalue weighted by molar-refractivity contribution is 5.92. The first-order chi connectivity index (χ1) is 13.4. The number of amides is 1. The van der Waals surface area contributed by atoms with Crippen LogP contribution in [0.25, 0.3) is 11.4 Å². The van der Waals surface area contributed by atoms with Crippen molar-refractivity contribution in [1.82, 2.24) is 25.0 Å². The molecule has 4 heterocycles. The van der Waals surface area contributed by atoms with Gasteiger partial charge in [0.05, 0.1) is 0 Å². The van der Waals surface area contributed by atoms with Gasteiger partial charge in [0.2, 0.25) is 5.82 Å². The Morgan fingerprint density at radius 2 is 2.11 bits per heavy atom. The van der Waals surface area contributed by atoms with Gasteiger partial charge in [-0.2, -0.15) is 18.2 Å². The Morgan fingerprint density at radius 1 is 1.25 bits per heavy atom. The fourth-order valence-electron chi connectivity index (χ4n) is 3.12. The third kappa shape index (κ3) is 3.59. The van der Waals surface area contributed by atoms with Gasteiger partial charge in [-0.3, -0.25) is 9.78 Å². The average molecular weight is 393 g/mol. The lowest BCUT2D eigenvalue weighted by Crippen LogP contribution is -2.39.